The van der Waals surface area contributed by atoms with E-state index >= 15 is 0 Å². The van der Waals surface area contributed by atoms with Gasteiger partial charge in [0.15, 0.2) is 0 Å². The van der Waals surface area contributed by atoms with E-state index in [1.165, 1.54) is 0 Å². The summed E-state index contributed by atoms with van der Waals surface area (Å²) in [7, 11) is 0. The lowest BCUT2D eigenvalue weighted by Gasteiger charge is -2.06. The lowest BCUT2D eigenvalue weighted by atomic mass is 10.3. The van der Waals surface area contributed by atoms with Crippen molar-refractivity contribution in [2.75, 3.05) is 11.2 Å². The van der Waals surface area contributed by atoms with Gasteiger partial charge in [-0.3, -0.25) is 5.43 Å². The zero-order chi connectivity index (χ0) is 8.27. The maximum absolute atomic E-state index is 5.45. The minimum atomic E-state index is 0.700. The van der Waals surface area contributed by atoms with Crippen LogP contribution in [-0.4, -0.2) is 4.05 Å². The third-order valence-electron chi connectivity index (χ3n) is 1.12. The Kier molecular flexibility index (Phi) is 2.82. The van der Waals surface area contributed by atoms with Crippen LogP contribution in [0.15, 0.2) is 24.3 Å². The number of anilines is 2. The highest BCUT2D eigenvalue weighted by Crippen LogP contribution is 2.12. The summed E-state index contributed by atoms with van der Waals surface area (Å²) in [6.45, 7) is 0. The van der Waals surface area contributed by atoms with E-state index in [4.69, 9.17) is 29.3 Å². The lowest BCUT2D eigenvalue weighted by Crippen LogP contribution is -2.06. The average molecular weight is 192 g/mol. The molecule has 0 amide bonds. The van der Waals surface area contributed by atoms with Gasteiger partial charge >= 0.3 is 0 Å². The summed E-state index contributed by atoms with van der Waals surface area (Å²) in [5.74, 6) is 0. The van der Waals surface area contributed by atoms with E-state index in [2.05, 4.69) is 5.43 Å². The van der Waals surface area contributed by atoms with Crippen molar-refractivity contribution in [3.8, 4) is 0 Å². The third kappa shape index (κ3) is 2.84. The maximum atomic E-state index is 5.45. The maximum Gasteiger partial charge on any atom is 0.0517 e. The Hall–Kier alpha value is -0.640. The van der Waals surface area contributed by atoms with Gasteiger partial charge in [-0.1, -0.05) is 0 Å². The Morgan fingerprint density at radius 2 is 1.73 bits per heavy atom. The van der Waals surface area contributed by atoms with Gasteiger partial charge in [0.25, 0.3) is 0 Å². The number of halogens is 2. The van der Waals surface area contributed by atoms with E-state index in [9.17, 15) is 0 Å². The van der Waals surface area contributed by atoms with Crippen molar-refractivity contribution in [3.63, 3.8) is 0 Å². The normalized spacial score (nSPS) is 10.1. The minimum absolute atomic E-state index is 0.700. The Labute approximate surface area is 74.9 Å². The first-order valence-electron chi connectivity index (χ1n) is 2.92. The summed E-state index contributed by atoms with van der Waals surface area (Å²) in [5, 5.41) is 0. The molecule has 1 aromatic carbocycles. The van der Waals surface area contributed by atoms with E-state index < -0.39 is 0 Å². The van der Waals surface area contributed by atoms with Gasteiger partial charge in [0, 0.05) is 29.2 Å². The molecule has 1 aromatic rings. The summed E-state index contributed by atoms with van der Waals surface area (Å²) in [4.78, 5) is 0. The topological polar surface area (TPSA) is 41.3 Å². The van der Waals surface area contributed by atoms with Gasteiger partial charge in [0.1, 0.15) is 0 Å². The molecule has 0 aromatic heterocycles. The van der Waals surface area contributed by atoms with Gasteiger partial charge in [-0.25, -0.2) is 0 Å². The zero-order valence-electron chi connectivity index (χ0n) is 5.59. The van der Waals surface area contributed by atoms with Crippen LogP contribution in [0.25, 0.3) is 0 Å². The number of hydrogen-bond acceptors (Lipinski definition) is 3. The molecular weight excluding hydrogens is 185 g/mol. The molecule has 0 saturated heterocycles. The molecule has 1 rings (SSSR count). The number of nitrogen functional groups attached to an aromatic ring is 1. The van der Waals surface area contributed by atoms with Crippen LogP contribution in [0.5, 0.6) is 0 Å². The van der Waals surface area contributed by atoms with Gasteiger partial charge in [-0.2, -0.15) is 0 Å². The van der Waals surface area contributed by atoms with Crippen molar-refractivity contribution >= 4 is 34.9 Å². The molecule has 0 fully saturated rings. The number of nitrogens with zero attached hydrogens (tertiary/aromatic N) is 1. The zero-order valence-corrected chi connectivity index (χ0v) is 7.10. The van der Waals surface area contributed by atoms with E-state index in [-0.39, 0.29) is 0 Å². The van der Waals surface area contributed by atoms with Crippen LogP contribution in [-0.2, 0) is 0 Å². The molecule has 0 heterocycles. The van der Waals surface area contributed by atoms with Crippen molar-refractivity contribution in [2.45, 2.75) is 0 Å². The smallest absolute Gasteiger partial charge is 0.0517 e. The number of nitrogens with one attached hydrogen (secondary N) is 1. The molecule has 5 heteroatoms. The van der Waals surface area contributed by atoms with Gasteiger partial charge in [-0.05, 0) is 28.3 Å². The molecule has 0 aliphatic carbocycles. The number of hydrogen-bond donors (Lipinski definition) is 2. The fourth-order valence-electron chi connectivity index (χ4n) is 0.655. The first-order chi connectivity index (χ1) is 5.18. The van der Waals surface area contributed by atoms with Crippen LogP contribution in [0.4, 0.5) is 11.4 Å². The van der Waals surface area contributed by atoms with Gasteiger partial charge < -0.3 is 5.73 Å². The van der Waals surface area contributed by atoms with Crippen LogP contribution in [0.2, 0.25) is 0 Å². The van der Waals surface area contributed by atoms with E-state index in [1.807, 2.05) is 0 Å². The summed E-state index contributed by atoms with van der Waals surface area (Å²) >= 11 is 10.6. The van der Waals surface area contributed by atoms with Crippen LogP contribution in [0, 0.1) is 0 Å². The van der Waals surface area contributed by atoms with Crippen LogP contribution in [0.3, 0.4) is 0 Å². The molecule has 3 nitrogen and oxygen atoms in total. The van der Waals surface area contributed by atoms with E-state index in [0.29, 0.717) is 5.69 Å². The summed E-state index contributed by atoms with van der Waals surface area (Å²) in [5.41, 5.74) is 9.57. The first kappa shape index (κ1) is 8.46. The molecule has 0 bridgehead atoms. The predicted molar refractivity (Wildman–Crippen MR) is 48.0 cm³/mol. The Morgan fingerprint density at radius 3 is 2.18 bits per heavy atom. The summed E-state index contributed by atoms with van der Waals surface area (Å²) < 4.78 is 0.825. The highest BCUT2D eigenvalue weighted by Gasteiger charge is 1.94. The second-order valence-corrected chi connectivity index (χ2v) is 2.82. The second kappa shape index (κ2) is 3.67. The number of hydrazine groups is 1. The molecule has 0 aliphatic rings. The monoisotopic (exact) mass is 191 g/mol. The van der Waals surface area contributed by atoms with E-state index in [0.717, 1.165) is 9.73 Å². The van der Waals surface area contributed by atoms with Crippen molar-refractivity contribution in [2.24, 2.45) is 0 Å². The largest absolute Gasteiger partial charge is 0.399 e. The molecule has 0 atom stereocenters. The molecule has 0 saturated carbocycles. The molecule has 0 aliphatic heterocycles. The fraction of sp³-hybridized carbons (Fsp3) is 0. The molecule has 0 spiro atoms. The molecule has 0 unspecified atom stereocenters. The quantitative estimate of drug-likeness (QED) is 0.428. The summed E-state index contributed by atoms with van der Waals surface area (Å²) in [6, 6.07) is 7.04. The number of rotatable bonds is 2. The Bertz CT molecular complexity index is 222. The minimum Gasteiger partial charge on any atom is -0.399 e. The highest BCUT2D eigenvalue weighted by atomic mass is 35.5. The van der Waals surface area contributed by atoms with Gasteiger partial charge in [0.05, 0.1) is 5.69 Å². The van der Waals surface area contributed by atoms with Crippen molar-refractivity contribution < 1.29 is 0 Å². The standard InChI is InChI=1S/C6H7Cl2N3/c7-11(8)10-6-3-1-5(9)2-4-6/h1-4,10H,9H2. The average Bonchev–Trinajstić information content (AvgIpc) is 1.93. The number of benzene rings is 1. The van der Waals surface area contributed by atoms with Crippen LogP contribution < -0.4 is 11.2 Å². The summed E-state index contributed by atoms with van der Waals surface area (Å²) in [6.07, 6.45) is 0. The van der Waals surface area contributed by atoms with Crippen LogP contribution in [0.1, 0.15) is 0 Å². The van der Waals surface area contributed by atoms with Crippen molar-refractivity contribution in [1.29, 1.82) is 0 Å². The molecule has 60 valence electrons. The molecule has 0 radical (unpaired) electrons. The predicted octanol–water partition coefficient (Wildman–Crippen LogP) is 2.21. The first-order valence-corrected chi connectivity index (χ1v) is 3.60. The second-order valence-electron chi connectivity index (χ2n) is 1.97. The van der Waals surface area contributed by atoms with Crippen molar-refractivity contribution in [3.05, 3.63) is 24.3 Å². The van der Waals surface area contributed by atoms with Gasteiger partial charge in [0.2, 0.25) is 0 Å². The fourth-order valence-corrected chi connectivity index (χ4v) is 0.850. The molecular formula is C6H7Cl2N3. The Balaban J connectivity index is 2.66. The highest BCUT2D eigenvalue weighted by molar-refractivity contribution is 6.34. The van der Waals surface area contributed by atoms with Crippen molar-refractivity contribution in [1.82, 2.24) is 4.05 Å². The van der Waals surface area contributed by atoms with E-state index in [1.54, 1.807) is 24.3 Å². The number of nitrogens with two attached hydrogens (primary N) is 1. The third-order valence-corrected chi connectivity index (χ3v) is 1.29. The van der Waals surface area contributed by atoms with Gasteiger partial charge in [-0.15, -0.1) is 0 Å². The van der Waals surface area contributed by atoms with Crippen LogP contribution >= 0.6 is 23.6 Å². The SMILES string of the molecule is Nc1ccc(NN(Cl)Cl)cc1. The lowest BCUT2D eigenvalue weighted by molar-refractivity contribution is 0.866. The molecule has 11 heavy (non-hydrogen) atoms. The Morgan fingerprint density at radius 1 is 1.18 bits per heavy atom. The molecule has 3 N–H and O–H groups in total.